The highest BCUT2D eigenvalue weighted by molar-refractivity contribution is 6.09. The fourth-order valence-electron chi connectivity index (χ4n) is 2.94. The zero-order valence-corrected chi connectivity index (χ0v) is 15.9. The van der Waals surface area contributed by atoms with Crippen molar-refractivity contribution in [2.75, 3.05) is 17.7 Å². The standard InChI is InChI=1S/C22H17FN4O3/c1-30-17-9-10-19-18(12-17)20(27-26-19)25-22(29)14-3-2-4-16(11-14)24-21(28)13-5-7-15(23)8-6-13/h2-12H,1H3,(H,24,28)(H2,25,26,27,29). The summed E-state index contributed by atoms with van der Waals surface area (Å²) in [7, 11) is 1.56. The number of ether oxygens (including phenoxy) is 1. The van der Waals surface area contributed by atoms with E-state index in [1.165, 1.54) is 24.3 Å². The van der Waals surface area contributed by atoms with Crippen LogP contribution in [0.3, 0.4) is 0 Å². The van der Waals surface area contributed by atoms with Crippen molar-refractivity contribution in [3.63, 3.8) is 0 Å². The van der Waals surface area contributed by atoms with Crippen molar-refractivity contribution in [2.45, 2.75) is 0 Å². The summed E-state index contributed by atoms with van der Waals surface area (Å²) in [5, 5.41) is 13.2. The third kappa shape index (κ3) is 3.97. The molecule has 0 saturated carbocycles. The van der Waals surface area contributed by atoms with Crippen LogP contribution in [-0.4, -0.2) is 29.1 Å². The molecule has 4 aromatic rings. The number of nitrogens with zero attached hydrogens (tertiary/aromatic N) is 1. The average Bonchev–Trinajstić information content (AvgIpc) is 3.16. The second-order valence-electron chi connectivity index (χ2n) is 6.48. The number of benzene rings is 3. The summed E-state index contributed by atoms with van der Waals surface area (Å²) in [6.07, 6.45) is 0. The summed E-state index contributed by atoms with van der Waals surface area (Å²) in [6.45, 7) is 0. The lowest BCUT2D eigenvalue weighted by Crippen LogP contribution is -2.15. The second-order valence-corrected chi connectivity index (χ2v) is 6.48. The number of methoxy groups -OCH3 is 1. The first kappa shape index (κ1) is 19.1. The van der Waals surface area contributed by atoms with Crippen LogP contribution in [0, 0.1) is 5.82 Å². The molecule has 1 heterocycles. The molecule has 4 rings (SSSR count). The molecule has 0 saturated heterocycles. The second kappa shape index (κ2) is 8.04. The van der Waals surface area contributed by atoms with E-state index in [9.17, 15) is 14.0 Å². The molecule has 0 bridgehead atoms. The number of carbonyl (C=O) groups is 2. The van der Waals surface area contributed by atoms with Crippen LogP contribution in [0.15, 0.2) is 66.7 Å². The Hall–Kier alpha value is -4.20. The SMILES string of the molecule is COc1ccc2[nH]nc(NC(=O)c3cccc(NC(=O)c4ccc(F)cc4)c3)c2c1. The van der Waals surface area contributed by atoms with Gasteiger partial charge in [-0.05, 0) is 60.7 Å². The van der Waals surface area contributed by atoms with Gasteiger partial charge in [0.15, 0.2) is 5.82 Å². The number of anilines is 2. The van der Waals surface area contributed by atoms with Crippen LogP contribution in [0.1, 0.15) is 20.7 Å². The van der Waals surface area contributed by atoms with Gasteiger partial charge >= 0.3 is 0 Å². The molecule has 1 aromatic heterocycles. The van der Waals surface area contributed by atoms with E-state index in [4.69, 9.17) is 4.74 Å². The van der Waals surface area contributed by atoms with E-state index in [0.717, 1.165) is 5.52 Å². The molecule has 0 aliphatic carbocycles. The van der Waals surface area contributed by atoms with E-state index < -0.39 is 11.7 Å². The van der Waals surface area contributed by atoms with Gasteiger partial charge in [-0.3, -0.25) is 14.7 Å². The number of hydrogen-bond donors (Lipinski definition) is 3. The smallest absolute Gasteiger partial charge is 0.256 e. The summed E-state index contributed by atoms with van der Waals surface area (Å²) in [5.41, 5.74) is 1.84. The Labute approximate surface area is 170 Å². The van der Waals surface area contributed by atoms with Gasteiger partial charge in [-0.25, -0.2) is 4.39 Å². The molecule has 30 heavy (non-hydrogen) atoms. The number of nitrogens with one attached hydrogen (secondary N) is 3. The van der Waals surface area contributed by atoms with Crippen molar-refractivity contribution >= 4 is 34.2 Å². The Bertz CT molecular complexity index is 1230. The lowest BCUT2D eigenvalue weighted by molar-refractivity contribution is 0.101. The number of rotatable bonds is 5. The maximum absolute atomic E-state index is 13.0. The van der Waals surface area contributed by atoms with Gasteiger partial charge in [0.05, 0.1) is 12.6 Å². The highest BCUT2D eigenvalue weighted by Crippen LogP contribution is 2.25. The molecule has 0 atom stereocenters. The third-order valence-corrected chi connectivity index (χ3v) is 4.49. The highest BCUT2D eigenvalue weighted by atomic mass is 19.1. The highest BCUT2D eigenvalue weighted by Gasteiger charge is 2.13. The zero-order chi connectivity index (χ0) is 21.1. The third-order valence-electron chi connectivity index (χ3n) is 4.49. The first-order valence-corrected chi connectivity index (χ1v) is 9.04. The molecular formula is C22H17FN4O3. The molecule has 150 valence electrons. The van der Waals surface area contributed by atoms with E-state index in [2.05, 4.69) is 20.8 Å². The van der Waals surface area contributed by atoms with Crippen LogP contribution in [0.4, 0.5) is 15.9 Å². The van der Waals surface area contributed by atoms with Crippen LogP contribution < -0.4 is 15.4 Å². The summed E-state index contributed by atoms with van der Waals surface area (Å²) in [5.74, 6) is -0.199. The van der Waals surface area contributed by atoms with E-state index in [1.807, 2.05) is 6.07 Å². The molecule has 3 aromatic carbocycles. The van der Waals surface area contributed by atoms with E-state index in [-0.39, 0.29) is 5.91 Å². The van der Waals surface area contributed by atoms with Gasteiger partial charge in [0, 0.05) is 22.2 Å². The summed E-state index contributed by atoms with van der Waals surface area (Å²) in [4.78, 5) is 25.0. The summed E-state index contributed by atoms with van der Waals surface area (Å²) in [6, 6.07) is 17.0. The first-order valence-electron chi connectivity index (χ1n) is 9.04. The van der Waals surface area contributed by atoms with Crippen LogP contribution >= 0.6 is 0 Å². The lowest BCUT2D eigenvalue weighted by Gasteiger charge is -2.08. The zero-order valence-electron chi connectivity index (χ0n) is 15.9. The maximum atomic E-state index is 13.0. The normalized spacial score (nSPS) is 10.6. The minimum atomic E-state index is -0.422. The van der Waals surface area contributed by atoms with Crippen molar-refractivity contribution in [2.24, 2.45) is 0 Å². The quantitative estimate of drug-likeness (QED) is 0.464. The number of amides is 2. The molecule has 2 amide bonds. The van der Waals surface area contributed by atoms with Gasteiger partial charge in [-0.1, -0.05) is 6.07 Å². The number of aromatic amines is 1. The summed E-state index contributed by atoms with van der Waals surface area (Å²) < 4.78 is 18.2. The lowest BCUT2D eigenvalue weighted by atomic mass is 10.1. The van der Waals surface area contributed by atoms with E-state index >= 15 is 0 Å². The van der Waals surface area contributed by atoms with Crippen molar-refractivity contribution in [1.82, 2.24) is 10.2 Å². The maximum Gasteiger partial charge on any atom is 0.256 e. The van der Waals surface area contributed by atoms with Gasteiger partial charge in [-0.2, -0.15) is 5.10 Å². The van der Waals surface area contributed by atoms with Crippen LogP contribution in [0.25, 0.3) is 10.9 Å². The Morgan fingerprint density at radius 3 is 2.47 bits per heavy atom. The number of fused-ring (bicyclic) bond motifs is 1. The molecular weight excluding hydrogens is 387 g/mol. The minimum Gasteiger partial charge on any atom is -0.497 e. The molecule has 8 heteroatoms. The monoisotopic (exact) mass is 404 g/mol. The molecule has 0 fully saturated rings. The predicted molar refractivity (Wildman–Crippen MR) is 111 cm³/mol. The summed E-state index contributed by atoms with van der Waals surface area (Å²) >= 11 is 0. The van der Waals surface area contributed by atoms with Gasteiger partial charge in [0.1, 0.15) is 11.6 Å². The fourth-order valence-corrected chi connectivity index (χ4v) is 2.94. The Kier molecular flexibility index (Phi) is 5.13. The molecule has 0 unspecified atom stereocenters. The molecule has 7 nitrogen and oxygen atoms in total. The van der Waals surface area contributed by atoms with Gasteiger partial charge in [-0.15, -0.1) is 0 Å². The van der Waals surface area contributed by atoms with Crippen LogP contribution in [0.2, 0.25) is 0 Å². The minimum absolute atomic E-state index is 0.309. The van der Waals surface area contributed by atoms with Gasteiger partial charge in [0.25, 0.3) is 11.8 Å². The Morgan fingerprint density at radius 1 is 0.933 bits per heavy atom. The number of carbonyl (C=O) groups excluding carboxylic acids is 2. The molecule has 0 aliphatic heterocycles. The van der Waals surface area contributed by atoms with Crippen LogP contribution in [-0.2, 0) is 0 Å². The average molecular weight is 404 g/mol. The molecule has 0 aliphatic rings. The van der Waals surface area contributed by atoms with Crippen molar-refractivity contribution in [3.05, 3.63) is 83.7 Å². The number of halogens is 1. The number of aromatic nitrogens is 2. The molecule has 3 N–H and O–H groups in total. The largest absolute Gasteiger partial charge is 0.497 e. The first-order chi connectivity index (χ1) is 14.5. The topological polar surface area (TPSA) is 96.1 Å². The Morgan fingerprint density at radius 2 is 1.70 bits per heavy atom. The van der Waals surface area contributed by atoms with Crippen LogP contribution in [0.5, 0.6) is 5.75 Å². The number of hydrogen-bond acceptors (Lipinski definition) is 4. The van der Waals surface area contributed by atoms with Crippen molar-refractivity contribution in [1.29, 1.82) is 0 Å². The molecule has 0 spiro atoms. The van der Waals surface area contributed by atoms with E-state index in [0.29, 0.717) is 33.8 Å². The number of H-pyrrole nitrogens is 1. The van der Waals surface area contributed by atoms with E-state index in [1.54, 1.807) is 43.5 Å². The van der Waals surface area contributed by atoms with Crippen molar-refractivity contribution < 1.29 is 18.7 Å². The van der Waals surface area contributed by atoms with Gasteiger partial charge in [0.2, 0.25) is 0 Å². The predicted octanol–water partition coefficient (Wildman–Crippen LogP) is 4.22. The molecule has 0 radical (unpaired) electrons. The van der Waals surface area contributed by atoms with Gasteiger partial charge < -0.3 is 15.4 Å². The van der Waals surface area contributed by atoms with Crippen molar-refractivity contribution in [3.8, 4) is 5.75 Å². The Balaban J connectivity index is 1.51. The fraction of sp³-hybridized carbons (Fsp3) is 0.0455.